The van der Waals surface area contributed by atoms with Gasteiger partial charge in [0.25, 0.3) is 0 Å². The Balaban J connectivity index is 0.00000336. The van der Waals surface area contributed by atoms with Gasteiger partial charge in [-0.1, -0.05) is 18.2 Å². The molecule has 0 atom stereocenters. The number of fused-ring (bicyclic) bond motifs is 1. The summed E-state index contributed by atoms with van der Waals surface area (Å²) in [6, 6.07) is 18.9. The maximum absolute atomic E-state index is 5.97. The first kappa shape index (κ1) is 25.1. The molecule has 0 unspecified atom stereocenters. The number of hydrazine groups is 1. The van der Waals surface area contributed by atoms with Gasteiger partial charge in [-0.2, -0.15) is 0 Å². The molecule has 2 heterocycles. The first-order valence-corrected chi connectivity index (χ1v) is 13.2. The van der Waals surface area contributed by atoms with Gasteiger partial charge < -0.3 is 19.9 Å². The highest BCUT2D eigenvalue weighted by Gasteiger charge is 2.17. The SMILES string of the molecule is Cc1cc(-c2c(C)cccc2C)cc2c1N=C(Nc1ccc(OCCCN3CCN(C)CC3)cc1)NN2.[HH]. The van der Waals surface area contributed by atoms with E-state index in [4.69, 9.17) is 9.73 Å². The average Bonchev–Trinajstić information content (AvgIpc) is 2.89. The Morgan fingerprint density at radius 2 is 1.65 bits per heavy atom. The summed E-state index contributed by atoms with van der Waals surface area (Å²) >= 11 is 0. The molecular weight excluding hydrogens is 460 g/mol. The van der Waals surface area contributed by atoms with Crippen LogP contribution in [0.4, 0.5) is 17.1 Å². The Labute approximate surface area is 222 Å². The van der Waals surface area contributed by atoms with Gasteiger partial charge in [0.15, 0.2) is 0 Å². The lowest BCUT2D eigenvalue weighted by Gasteiger charge is -2.32. The predicted octanol–water partition coefficient (Wildman–Crippen LogP) is 5.57. The van der Waals surface area contributed by atoms with Gasteiger partial charge in [-0.3, -0.25) is 10.9 Å². The van der Waals surface area contributed by atoms with Gasteiger partial charge in [-0.05, 0) is 98.5 Å². The molecule has 0 aromatic heterocycles. The van der Waals surface area contributed by atoms with Gasteiger partial charge >= 0.3 is 0 Å². The van der Waals surface area contributed by atoms with Crippen LogP contribution in [0.3, 0.4) is 0 Å². The van der Waals surface area contributed by atoms with Crippen molar-refractivity contribution in [3.63, 3.8) is 0 Å². The summed E-state index contributed by atoms with van der Waals surface area (Å²) in [6.45, 7) is 12.9. The average molecular weight is 501 g/mol. The van der Waals surface area contributed by atoms with Crippen LogP contribution in [0, 0.1) is 20.8 Å². The largest absolute Gasteiger partial charge is 0.494 e. The number of nitrogens with one attached hydrogen (secondary N) is 3. The first-order chi connectivity index (χ1) is 18.0. The predicted molar refractivity (Wildman–Crippen MR) is 156 cm³/mol. The molecule has 1 fully saturated rings. The van der Waals surface area contributed by atoms with Crippen molar-refractivity contribution in [2.45, 2.75) is 27.2 Å². The summed E-state index contributed by atoms with van der Waals surface area (Å²) in [6.07, 6.45) is 1.04. The van der Waals surface area contributed by atoms with E-state index in [-0.39, 0.29) is 1.43 Å². The van der Waals surface area contributed by atoms with E-state index >= 15 is 0 Å². The van der Waals surface area contributed by atoms with Crippen LogP contribution in [0.15, 0.2) is 59.6 Å². The number of hydrogen-bond donors (Lipinski definition) is 3. The van der Waals surface area contributed by atoms with Crippen LogP contribution in [-0.4, -0.2) is 62.1 Å². The third-order valence-corrected chi connectivity index (χ3v) is 7.21. The zero-order valence-corrected chi connectivity index (χ0v) is 22.4. The minimum absolute atomic E-state index is 0. The number of piperazine rings is 1. The third-order valence-electron chi connectivity index (χ3n) is 7.21. The third kappa shape index (κ3) is 6.06. The molecule has 2 aliphatic heterocycles. The summed E-state index contributed by atoms with van der Waals surface area (Å²) in [5.41, 5.74) is 15.5. The van der Waals surface area contributed by atoms with E-state index in [2.05, 4.69) is 84.1 Å². The number of guanidine groups is 1. The lowest BCUT2D eigenvalue weighted by atomic mass is 9.93. The fourth-order valence-electron chi connectivity index (χ4n) is 5.08. The molecule has 3 N–H and O–H groups in total. The summed E-state index contributed by atoms with van der Waals surface area (Å²) in [5, 5.41) is 3.36. The van der Waals surface area contributed by atoms with Crippen LogP contribution >= 0.6 is 0 Å². The molecule has 0 amide bonds. The smallest absolute Gasteiger partial charge is 0.220 e. The maximum Gasteiger partial charge on any atom is 0.220 e. The van der Waals surface area contributed by atoms with E-state index in [0.717, 1.165) is 74.1 Å². The summed E-state index contributed by atoms with van der Waals surface area (Å²) < 4.78 is 5.97. The normalized spacial score (nSPS) is 15.8. The fourth-order valence-corrected chi connectivity index (χ4v) is 5.08. The zero-order chi connectivity index (χ0) is 25.8. The molecule has 3 aromatic rings. The number of ether oxygens (including phenoxy) is 1. The van der Waals surface area contributed by atoms with Crippen molar-refractivity contribution in [1.82, 2.24) is 15.2 Å². The molecule has 0 saturated carbocycles. The molecule has 37 heavy (non-hydrogen) atoms. The van der Waals surface area contributed by atoms with Gasteiger partial charge in [0.1, 0.15) is 5.75 Å². The van der Waals surface area contributed by atoms with Crippen LogP contribution in [-0.2, 0) is 0 Å². The number of hydrogen-bond acceptors (Lipinski definition) is 7. The van der Waals surface area contributed by atoms with E-state index in [1.165, 1.54) is 22.3 Å². The molecule has 0 radical (unpaired) electrons. The molecule has 7 heteroatoms. The van der Waals surface area contributed by atoms with E-state index in [1.54, 1.807) is 0 Å². The lowest BCUT2D eigenvalue weighted by Crippen LogP contribution is -2.44. The van der Waals surface area contributed by atoms with Crippen LogP contribution in [0.5, 0.6) is 5.75 Å². The summed E-state index contributed by atoms with van der Waals surface area (Å²) in [4.78, 5) is 9.75. The molecule has 196 valence electrons. The lowest BCUT2D eigenvalue weighted by molar-refractivity contribution is 0.145. The monoisotopic (exact) mass is 500 g/mol. The van der Waals surface area contributed by atoms with Crippen LogP contribution in [0.2, 0.25) is 0 Å². The van der Waals surface area contributed by atoms with E-state index in [9.17, 15) is 0 Å². The van der Waals surface area contributed by atoms with Crippen LogP contribution in [0.25, 0.3) is 11.1 Å². The van der Waals surface area contributed by atoms with Crippen molar-refractivity contribution in [1.29, 1.82) is 0 Å². The maximum atomic E-state index is 5.97. The highest BCUT2D eigenvalue weighted by atomic mass is 16.5. The highest BCUT2D eigenvalue weighted by molar-refractivity contribution is 6.00. The number of benzene rings is 3. The van der Waals surface area contributed by atoms with Crippen LogP contribution in [0.1, 0.15) is 24.5 Å². The Hall–Kier alpha value is -3.55. The minimum Gasteiger partial charge on any atom is -0.494 e. The molecule has 3 aromatic carbocycles. The topological polar surface area (TPSA) is 64.2 Å². The van der Waals surface area contributed by atoms with Crippen LogP contribution < -0.4 is 20.9 Å². The number of likely N-dealkylation sites (N-methyl/N-ethyl adjacent to an activating group) is 1. The summed E-state index contributed by atoms with van der Waals surface area (Å²) in [7, 11) is 2.19. The number of aliphatic imine (C=N–C) groups is 1. The van der Waals surface area contributed by atoms with Crippen molar-refractivity contribution >= 4 is 23.0 Å². The highest BCUT2D eigenvalue weighted by Crippen LogP contribution is 2.37. The molecule has 5 rings (SSSR count). The molecule has 7 nitrogen and oxygen atoms in total. The van der Waals surface area contributed by atoms with Crippen molar-refractivity contribution < 1.29 is 6.16 Å². The van der Waals surface area contributed by atoms with Gasteiger partial charge in [0.2, 0.25) is 5.96 Å². The molecular formula is C30H40N6O. The van der Waals surface area contributed by atoms with Crippen molar-refractivity contribution in [2.24, 2.45) is 4.99 Å². The van der Waals surface area contributed by atoms with Crippen molar-refractivity contribution in [3.05, 3.63) is 71.3 Å². The number of rotatable bonds is 7. The van der Waals surface area contributed by atoms with Gasteiger partial charge in [-0.25, -0.2) is 4.99 Å². The number of anilines is 2. The van der Waals surface area contributed by atoms with Gasteiger partial charge in [-0.15, -0.1) is 0 Å². The molecule has 0 bridgehead atoms. The van der Waals surface area contributed by atoms with Gasteiger partial charge in [0, 0.05) is 39.8 Å². The molecule has 0 spiro atoms. The second kappa shape index (κ2) is 11.2. The Kier molecular flexibility index (Phi) is 7.63. The quantitative estimate of drug-likeness (QED) is 0.369. The van der Waals surface area contributed by atoms with Gasteiger partial charge in [0.05, 0.1) is 18.0 Å². The Morgan fingerprint density at radius 3 is 2.38 bits per heavy atom. The second-order valence-electron chi connectivity index (χ2n) is 10.2. The van der Waals surface area contributed by atoms with E-state index in [1.807, 2.05) is 24.3 Å². The molecule has 2 aliphatic rings. The van der Waals surface area contributed by atoms with Crippen molar-refractivity contribution in [2.75, 3.05) is 57.1 Å². The first-order valence-electron chi connectivity index (χ1n) is 13.2. The standard InChI is InChI=1S/C30H38N6O.H2/c1-21-7-5-8-22(2)28(21)24-19-23(3)29-27(20-24)33-34-30(32-29)31-25-9-11-26(12-10-25)37-18-6-13-36-16-14-35(4)15-17-36;/h5,7-12,19-20,33H,6,13-18H2,1-4H3,(H2,31,32,34);1H. The minimum atomic E-state index is 0. The molecule has 1 saturated heterocycles. The van der Waals surface area contributed by atoms with E-state index < -0.39 is 0 Å². The van der Waals surface area contributed by atoms with Crippen molar-refractivity contribution in [3.8, 4) is 16.9 Å². The number of aryl methyl sites for hydroxylation is 3. The fraction of sp³-hybridized carbons (Fsp3) is 0.367. The Morgan fingerprint density at radius 1 is 0.919 bits per heavy atom. The number of nitrogens with zero attached hydrogens (tertiary/aromatic N) is 3. The second-order valence-corrected chi connectivity index (χ2v) is 10.2. The van der Waals surface area contributed by atoms with E-state index in [0.29, 0.717) is 5.96 Å². The molecule has 0 aliphatic carbocycles. The summed E-state index contributed by atoms with van der Waals surface area (Å²) in [5.74, 6) is 1.55. The zero-order valence-electron chi connectivity index (χ0n) is 22.4. The Bertz CT molecular complexity index is 1250.